The number of rotatable bonds is 6. The van der Waals surface area contributed by atoms with Crippen molar-refractivity contribution in [1.82, 2.24) is 0 Å². The highest BCUT2D eigenvalue weighted by molar-refractivity contribution is 5.96. The second-order valence-electron chi connectivity index (χ2n) is 7.39. The van der Waals surface area contributed by atoms with E-state index in [1.54, 1.807) is 24.3 Å². The highest BCUT2D eigenvalue weighted by atomic mass is 16.6. The van der Waals surface area contributed by atoms with Gasteiger partial charge >= 0.3 is 12.1 Å². The number of hydrogen-bond donors (Lipinski definition) is 1. The van der Waals surface area contributed by atoms with E-state index in [0.29, 0.717) is 11.3 Å². The normalized spacial score (nSPS) is 12.0. The van der Waals surface area contributed by atoms with Gasteiger partial charge in [-0.05, 0) is 53.4 Å². The first kappa shape index (κ1) is 20.3. The molecule has 0 aromatic heterocycles. The molecule has 0 heterocycles. The molecule has 0 spiro atoms. The summed E-state index contributed by atoms with van der Waals surface area (Å²) < 4.78 is 5.59. The SMILES string of the molecule is CC(=O)c1ccc(N(CC(=O)O)C(=O)OCC2c3ccccc3-c3ccccc32)cc1. The van der Waals surface area contributed by atoms with Crippen LogP contribution >= 0.6 is 0 Å². The monoisotopic (exact) mass is 415 g/mol. The number of carbonyl (C=O) groups excluding carboxylic acids is 2. The number of Topliss-reactive ketones (excluding diaryl/α,β-unsaturated/α-hetero) is 1. The molecule has 6 nitrogen and oxygen atoms in total. The fourth-order valence-corrected chi connectivity index (χ4v) is 3.94. The van der Waals surface area contributed by atoms with Crippen molar-refractivity contribution in [3.05, 3.63) is 89.5 Å². The maximum absolute atomic E-state index is 12.9. The molecule has 3 aromatic carbocycles. The summed E-state index contributed by atoms with van der Waals surface area (Å²) in [5.74, 6) is -1.40. The zero-order valence-corrected chi connectivity index (χ0v) is 16.9. The largest absolute Gasteiger partial charge is 0.480 e. The molecule has 6 heteroatoms. The molecule has 1 aliphatic rings. The van der Waals surface area contributed by atoms with Gasteiger partial charge < -0.3 is 9.84 Å². The number of anilines is 1. The summed E-state index contributed by atoms with van der Waals surface area (Å²) >= 11 is 0. The number of fused-ring (bicyclic) bond motifs is 3. The number of aliphatic carboxylic acids is 1. The molecule has 0 aliphatic heterocycles. The lowest BCUT2D eigenvalue weighted by molar-refractivity contribution is -0.135. The van der Waals surface area contributed by atoms with Crippen LogP contribution in [0.1, 0.15) is 34.3 Å². The Kier molecular flexibility index (Phi) is 5.54. The summed E-state index contributed by atoms with van der Waals surface area (Å²) in [6.07, 6.45) is -0.750. The molecule has 1 aliphatic carbocycles. The van der Waals surface area contributed by atoms with Gasteiger partial charge in [-0.1, -0.05) is 48.5 Å². The maximum Gasteiger partial charge on any atom is 0.414 e. The van der Waals surface area contributed by atoms with Crippen molar-refractivity contribution < 1.29 is 24.2 Å². The van der Waals surface area contributed by atoms with Crippen LogP contribution < -0.4 is 4.90 Å². The van der Waals surface area contributed by atoms with Crippen LogP contribution in [0, 0.1) is 0 Å². The standard InChI is InChI=1S/C25H21NO5/c1-16(27)17-10-12-18(13-11-17)26(14-24(28)29)25(30)31-15-23-21-8-4-2-6-19(21)20-7-3-5-9-22(20)23/h2-13,23H,14-15H2,1H3,(H,28,29). The first-order valence-electron chi connectivity index (χ1n) is 9.91. The van der Waals surface area contributed by atoms with Crippen LogP contribution in [0.4, 0.5) is 10.5 Å². The Labute approximate surface area is 179 Å². The number of carboxylic acids is 1. The van der Waals surface area contributed by atoms with E-state index in [2.05, 4.69) is 0 Å². The lowest BCUT2D eigenvalue weighted by Gasteiger charge is -2.22. The Balaban J connectivity index is 1.56. The summed E-state index contributed by atoms with van der Waals surface area (Å²) in [6, 6.07) is 22.2. The van der Waals surface area contributed by atoms with Crippen LogP contribution in [0.5, 0.6) is 0 Å². The van der Waals surface area contributed by atoms with Crippen molar-refractivity contribution in [3.8, 4) is 11.1 Å². The van der Waals surface area contributed by atoms with Gasteiger partial charge in [0.1, 0.15) is 13.2 Å². The van der Waals surface area contributed by atoms with E-state index >= 15 is 0 Å². The summed E-state index contributed by atoms with van der Waals surface area (Å²) in [4.78, 5) is 36.7. The molecule has 31 heavy (non-hydrogen) atoms. The van der Waals surface area contributed by atoms with Gasteiger partial charge in [-0.2, -0.15) is 0 Å². The minimum Gasteiger partial charge on any atom is -0.480 e. The molecule has 156 valence electrons. The van der Waals surface area contributed by atoms with E-state index in [4.69, 9.17) is 4.74 Å². The van der Waals surface area contributed by atoms with E-state index in [1.165, 1.54) is 6.92 Å². The molecule has 0 fully saturated rings. The summed E-state index contributed by atoms with van der Waals surface area (Å²) in [5.41, 5.74) is 5.21. The van der Waals surface area contributed by atoms with E-state index in [9.17, 15) is 19.5 Å². The molecular formula is C25H21NO5. The van der Waals surface area contributed by atoms with Crippen LogP contribution in [0.25, 0.3) is 11.1 Å². The van der Waals surface area contributed by atoms with Crippen molar-refractivity contribution in [3.63, 3.8) is 0 Å². The third-order valence-corrected chi connectivity index (χ3v) is 5.44. The lowest BCUT2D eigenvalue weighted by atomic mass is 9.98. The number of ether oxygens (including phenoxy) is 1. The molecular weight excluding hydrogens is 394 g/mol. The van der Waals surface area contributed by atoms with Crippen molar-refractivity contribution in [2.45, 2.75) is 12.8 Å². The van der Waals surface area contributed by atoms with Gasteiger partial charge in [0.05, 0.1) is 0 Å². The first-order chi connectivity index (χ1) is 15.0. The number of hydrogen-bond acceptors (Lipinski definition) is 4. The molecule has 0 bridgehead atoms. The molecule has 0 unspecified atom stereocenters. The number of carboxylic acid groups (broad SMARTS) is 1. The molecule has 1 N–H and O–H groups in total. The van der Waals surface area contributed by atoms with E-state index in [-0.39, 0.29) is 18.3 Å². The highest BCUT2D eigenvalue weighted by Gasteiger charge is 2.30. The molecule has 0 saturated carbocycles. The van der Waals surface area contributed by atoms with Gasteiger partial charge in [0.15, 0.2) is 5.78 Å². The average Bonchev–Trinajstić information content (AvgIpc) is 3.09. The van der Waals surface area contributed by atoms with Gasteiger partial charge in [-0.15, -0.1) is 0 Å². The van der Waals surface area contributed by atoms with Gasteiger partial charge in [0, 0.05) is 17.2 Å². The Morgan fingerprint density at radius 1 is 0.871 bits per heavy atom. The third-order valence-electron chi connectivity index (χ3n) is 5.44. The zero-order valence-electron chi connectivity index (χ0n) is 16.9. The molecule has 0 radical (unpaired) electrons. The third kappa shape index (κ3) is 4.05. The molecule has 4 rings (SSSR count). The van der Waals surface area contributed by atoms with Crippen molar-refractivity contribution in [2.24, 2.45) is 0 Å². The summed E-state index contributed by atoms with van der Waals surface area (Å²) in [5, 5.41) is 9.27. The second-order valence-corrected chi connectivity index (χ2v) is 7.39. The minimum atomic E-state index is -1.16. The van der Waals surface area contributed by atoms with Crippen LogP contribution in [0.2, 0.25) is 0 Å². The quantitative estimate of drug-likeness (QED) is 0.589. The number of benzene rings is 3. The van der Waals surface area contributed by atoms with Crippen LogP contribution in [-0.4, -0.2) is 36.1 Å². The van der Waals surface area contributed by atoms with E-state index in [1.807, 2.05) is 48.5 Å². The number of ketones is 1. The number of amides is 1. The topological polar surface area (TPSA) is 83.9 Å². The van der Waals surface area contributed by atoms with Gasteiger partial charge in [-0.25, -0.2) is 4.79 Å². The first-order valence-corrected chi connectivity index (χ1v) is 9.91. The fraction of sp³-hybridized carbons (Fsp3) is 0.160. The van der Waals surface area contributed by atoms with Crippen molar-refractivity contribution >= 4 is 23.5 Å². The summed E-state index contributed by atoms with van der Waals surface area (Å²) in [6.45, 7) is 0.986. The average molecular weight is 415 g/mol. The Bertz CT molecular complexity index is 1110. The van der Waals surface area contributed by atoms with Gasteiger partial charge in [0.25, 0.3) is 0 Å². The van der Waals surface area contributed by atoms with E-state index < -0.39 is 18.6 Å². The Morgan fingerprint density at radius 3 is 1.94 bits per heavy atom. The zero-order chi connectivity index (χ0) is 22.0. The van der Waals surface area contributed by atoms with Crippen LogP contribution in [-0.2, 0) is 9.53 Å². The van der Waals surface area contributed by atoms with Crippen LogP contribution in [0.15, 0.2) is 72.8 Å². The second kappa shape index (κ2) is 8.44. The molecule has 0 saturated heterocycles. The lowest BCUT2D eigenvalue weighted by Crippen LogP contribution is -2.36. The molecule has 0 atom stereocenters. The maximum atomic E-state index is 12.9. The Hall–Kier alpha value is -3.93. The van der Waals surface area contributed by atoms with Crippen molar-refractivity contribution in [1.29, 1.82) is 0 Å². The highest BCUT2D eigenvalue weighted by Crippen LogP contribution is 2.44. The van der Waals surface area contributed by atoms with E-state index in [0.717, 1.165) is 27.2 Å². The smallest absolute Gasteiger partial charge is 0.414 e. The van der Waals surface area contributed by atoms with Gasteiger partial charge in [0.2, 0.25) is 0 Å². The summed E-state index contributed by atoms with van der Waals surface area (Å²) in [7, 11) is 0. The predicted molar refractivity (Wildman–Crippen MR) is 116 cm³/mol. The Morgan fingerprint density at radius 2 is 1.42 bits per heavy atom. The van der Waals surface area contributed by atoms with Gasteiger partial charge in [-0.3, -0.25) is 14.5 Å². The molecule has 1 amide bonds. The number of carbonyl (C=O) groups is 3. The molecule has 3 aromatic rings. The van der Waals surface area contributed by atoms with Crippen molar-refractivity contribution in [2.75, 3.05) is 18.1 Å². The number of nitrogens with zero attached hydrogens (tertiary/aromatic N) is 1. The minimum absolute atomic E-state index is 0.0918. The fourth-order valence-electron chi connectivity index (χ4n) is 3.94. The van der Waals surface area contributed by atoms with Crippen LogP contribution in [0.3, 0.4) is 0 Å². The predicted octanol–water partition coefficient (Wildman–Crippen LogP) is 4.73.